The van der Waals surface area contributed by atoms with Gasteiger partial charge < -0.3 is 14.2 Å². The Kier molecular flexibility index (Phi) is 3.69. The Labute approximate surface area is 138 Å². The van der Waals surface area contributed by atoms with Gasteiger partial charge in [-0.1, -0.05) is 0 Å². The number of amides is 2. The van der Waals surface area contributed by atoms with Gasteiger partial charge in [0, 0.05) is 31.1 Å². The summed E-state index contributed by atoms with van der Waals surface area (Å²) < 4.78 is 5.16. The van der Waals surface area contributed by atoms with E-state index in [1.54, 1.807) is 28.4 Å². The van der Waals surface area contributed by atoms with Gasteiger partial charge in [-0.3, -0.25) is 9.59 Å². The van der Waals surface area contributed by atoms with Gasteiger partial charge in [-0.25, -0.2) is 0 Å². The molecule has 4 rings (SSSR count). The molecule has 2 aliphatic rings. The van der Waals surface area contributed by atoms with Crippen LogP contribution in [0, 0.1) is 0 Å². The first-order valence-electron chi connectivity index (χ1n) is 7.96. The van der Waals surface area contributed by atoms with E-state index in [9.17, 15) is 9.59 Å². The molecule has 0 radical (unpaired) electrons. The molecule has 0 N–H and O–H groups in total. The van der Waals surface area contributed by atoms with Crippen molar-refractivity contribution in [2.45, 2.75) is 19.3 Å². The van der Waals surface area contributed by atoms with Gasteiger partial charge in [0.25, 0.3) is 11.8 Å². The fourth-order valence-electron chi connectivity index (χ4n) is 3.26. The van der Waals surface area contributed by atoms with Gasteiger partial charge in [0.2, 0.25) is 0 Å². The van der Waals surface area contributed by atoms with E-state index in [1.165, 1.54) is 23.1 Å². The summed E-state index contributed by atoms with van der Waals surface area (Å²) >= 11 is 1.64. The number of rotatable bonds is 2. The van der Waals surface area contributed by atoms with E-state index >= 15 is 0 Å². The molecular formula is C17H18N2O3S. The summed E-state index contributed by atoms with van der Waals surface area (Å²) in [5.41, 5.74) is 1.35. The van der Waals surface area contributed by atoms with Crippen LogP contribution in [0.15, 0.2) is 28.9 Å². The minimum absolute atomic E-state index is 0.0998. The molecule has 0 aromatic carbocycles. The summed E-state index contributed by atoms with van der Waals surface area (Å²) in [4.78, 5) is 30.7. The lowest BCUT2D eigenvalue weighted by atomic mass is 10.2. The molecule has 1 saturated heterocycles. The van der Waals surface area contributed by atoms with E-state index in [1.807, 2.05) is 4.90 Å². The molecule has 120 valence electrons. The predicted octanol–water partition coefficient (Wildman–Crippen LogP) is 2.43. The number of aryl methyl sites for hydroxylation is 2. The summed E-state index contributed by atoms with van der Waals surface area (Å²) in [6, 6.07) is 5.45. The zero-order valence-electron chi connectivity index (χ0n) is 12.8. The van der Waals surface area contributed by atoms with Crippen LogP contribution < -0.4 is 0 Å². The average molecular weight is 330 g/mol. The number of fused-ring (bicyclic) bond motifs is 1. The minimum Gasteiger partial charge on any atom is -0.459 e. The van der Waals surface area contributed by atoms with Crippen molar-refractivity contribution in [1.29, 1.82) is 0 Å². The summed E-state index contributed by atoms with van der Waals surface area (Å²) in [5.74, 6) is 0.367. The van der Waals surface area contributed by atoms with E-state index in [-0.39, 0.29) is 11.8 Å². The van der Waals surface area contributed by atoms with Gasteiger partial charge in [0.05, 0.1) is 11.1 Å². The molecule has 1 aliphatic carbocycles. The molecule has 3 heterocycles. The van der Waals surface area contributed by atoms with Gasteiger partial charge in [0.15, 0.2) is 5.76 Å². The van der Waals surface area contributed by atoms with Crippen molar-refractivity contribution in [2.24, 2.45) is 0 Å². The minimum atomic E-state index is -0.0998. The van der Waals surface area contributed by atoms with Gasteiger partial charge in [-0.2, -0.15) is 0 Å². The van der Waals surface area contributed by atoms with Crippen molar-refractivity contribution in [1.82, 2.24) is 9.80 Å². The number of thiophene rings is 1. The van der Waals surface area contributed by atoms with E-state index in [0.717, 1.165) is 17.7 Å². The van der Waals surface area contributed by atoms with Crippen molar-refractivity contribution in [3.05, 3.63) is 45.5 Å². The predicted molar refractivity (Wildman–Crippen MR) is 86.9 cm³/mol. The SMILES string of the molecule is O=C(c1ccco1)N1CCN(C(=O)c2cc3c(s2)CCC3)CC1. The zero-order chi connectivity index (χ0) is 15.8. The third-order valence-electron chi connectivity index (χ3n) is 4.54. The highest BCUT2D eigenvalue weighted by molar-refractivity contribution is 7.14. The van der Waals surface area contributed by atoms with Crippen LogP contribution in [0.5, 0.6) is 0 Å². The lowest BCUT2D eigenvalue weighted by molar-refractivity contribution is 0.0520. The second-order valence-electron chi connectivity index (χ2n) is 5.97. The van der Waals surface area contributed by atoms with Crippen LogP contribution in [-0.2, 0) is 12.8 Å². The van der Waals surface area contributed by atoms with Crippen LogP contribution in [0.3, 0.4) is 0 Å². The molecule has 0 bridgehead atoms. The van der Waals surface area contributed by atoms with Gasteiger partial charge in [-0.05, 0) is 43.0 Å². The van der Waals surface area contributed by atoms with E-state index in [2.05, 4.69) is 6.07 Å². The average Bonchev–Trinajstić information content (AvgIpc) is 3.29. The maximum atomic E-state index is 12.6. The topological polar surface area (TPSA) is 53.8 Å². The largest absolute Gasteiger partial charge is 0.459 e. The first-order valence-corrected chi connectivity index (χ1v) is 8.77. The van der Waals surface area contributed by atoms with Crippen LogP contribution in [0.4, 0.5) is 0 Å². The molecule has 23 heavy (non-hydrogen) atoms. The second-order valence-corrected chi connectivity index (χ2v) is 7.11. The van der Waals surface area contributed by atoms with Crippen LogP contribution in [0.2, 0.25) is 0 Å². The third-order valence-corrected chi connectivity index (χ3v) is 5.77. The Balaban J connectivity index is 1.39. The first-order chi connectivity index (χ1) is 11.2. The van der Waals surface area contributed by atoms with Gasteiger partial charge in [0.1, 0.15) is 0 Å². The lowest BCUT2D eigenvalue weighted by Crippen LogP contribution is -2.50. The molecule has 0 saturated carbocycles. The Morgan fingerprint density at radius 1 is 1.04 bits per heavy atom. The highest BCUT2D eigenvalue weighted by Gasteiger charge is 2.28. The fraction of sp³-hybridized carbons (Fsp3) is 0.412. The van der Waals surface area contributed by atoms with Crippen LogP contribution in [-0.4, -0.2) is 47.8 Å². The molecule has 1 fully saturated rings. The highest BCUT2D eigenvalue weighted by atomic mass is 32.1. The molecule has 1 aliphatic heterocycles. The van der Waals surface area contributed by atoms with Crippen molar-refractivity contribution >= 4 is 23.2 Å². The molecule has 0 atom stereocenters. The van der Waals surface area contributed by atoms with Crippen molar-refractivity contribution in [3.63, 3.8) is 0 Å². The maximum absolute atomic E-state index is 12.6. The highest BCUT2D eigenvalue weighted by Crippen LogP contribution is 2.31. The molecule has 0 spiro atoms. The van der Waals surface area contributed by atoms with Crippen LogP contribution >= 0.6 is 11.3 Å². The quantitative estimate of drug-likeness (QED) is 0.850. The number of hydrogen-bond donors (Lipinski definition) is 0. The van der Waals surface area contributed by atoms with Gasteiger partial charge in [-0.15, -0.1) is 11.3 Å². The summed E-state index contributed by atoms with van der Waals surface area (Å²) in [6.07, 6.45) is 4.93. The Morgan fingerprint density at radius 2 is 1.78 bits per heavy atom. The molecule has 2 aromatic rings. The number of carbonyl (C=O) groups is 2. The monoisotopic (exact) mass is 330 g/mol. The number of nitrogens with zero attached hydrogens (tertiary/aromatic N) is 2. The zero-order valence-corrected chi connectivity index (χ0v) is 13.6. The summed E-state index contributed by atoms with van der Waals surface area (Å²) in [7, 11) is 0. The van der Waals surface area contributed by atoms with Crippen molar-refractivity contribution in [3.8, 4) is 0 Å². The number of furan rings is 1. The lowest BCUT2D eigenvalue weighted by Gasteiger charge is -2.34. The van der Waals surface area contributed by atoms with Crippen molar-refractivity contribution < 1.29 is 14.0 Å². The van der Waals surface area contributed by atoms with Crippen LogP contribution in [0.25, 0.3) is 0 Å². The van der Waals surface area contributed by atoms with E-state index in [4.69, 9.17) is 4.42 Å². The molecule has 0 unspecified atom stereocenters. The number of piperazine rings is 1. The fourth-order valence-corrected chi connectivity index (χ4v) is 4.48. The third kappa shape index (κ3) is 2.67. The van der Waals surface area contributed by atoms with Crippen molar-refractivity contribution in [2.75, 3.05) is 26.2 Å². The summed E-state index contributed by atoms with van der Waals surface area (Å²) in [5, 5.41) is 0. The number of hydrogen-bond acceptors (Lipinski definition) is 4. The molecular weight excluding hydrogens is 312 g/mol. The Hall–Kier alpha value is -2.08. The maximum Gasteiger partial charge on any atom is 0.289 e. The summed E-state index contributed by atoms with van der Waals surface area (Å²) in [6.45, 7) is 2.26. The van der Waals surface area contributed by atoms with Crippen LogP contribution in [0.1, 0.15) is 37.1 Å². The molecule has 6 heteroatoms. The first kappa shape index (κ1) is 14.5. The Morgan fingerprint density at radius 3 is 2.43 bits per heavy atom. The number of carbonyl (C=O) groups excluding carboxylic acids is 2. The molecule has 2 amide bonds. The van der Waals surface area contributed by atoms with Gasteiger partial charge >= 0.3 is 0 Å². The standard InChI is InChI=1S/C17H18N2O3S/c20-16(13-4-2-10-22-13)18-6-8-19(9-7-18)17(21)15-11-12-3-1-5-14(12)23-15/h2,4,10-11H,1,3,5-9H2. The smallest absolute Gasteiger partial charge is 0.289 e. The molecule has 5 nitrogen and oxygen atoms in total. The van der Waals surface area contributed by atoms with E-state index < -0.39 is 0 Å². The Bertz CT molecular complexity index is 706. The normalized spacial score (nSPS) is 17.4. The second kappa shape index (κ2) is 5.85. The molecule has 2 aromatic heterocycles. The van der Waals surface area contributed by atoms with E-state index in [0.29, 0.717) is 31.9 Å².